The predicted octanol–water partition coefficient (Wildman–Crippen LogP) is 2.31. The van der Waals surface area contributed by atoms with Crippen LogP contribution in [0.25, 0.3) is 0 Å². The Bertz CT molecular complexity index is 731. The summed E-state index contributed by atoms with van der Waals surface area (Å²) < 4.78 is 28.8. The highest BCUT2D eigenvalue weighted by molar-refractivity contribution is 7.86. The van der Waals surface area contributed by atoms with Crippen LogP contribution in [0.5, 0.6) is 0 Å². The lowest BCUT2D eigenvalue weighted by Gasteiger charge is -2.36. The van der Waals surface area contributed by atoms with Gasteiger partial charge >= 0.3 is 5.97 Å². The van der Waals surface area contributed by atoms with Crippen LogP contribution in [0.4, 0.5) is 0 Å². The summed E-state index contributed by atoms with van der Waals surface area (Å²) in [5.41, 5.74) is 0.546. The Kier molecular flexibility index (Phi) is 5.48. The lowest BCUT2D eigenvalue weighted by Crippen LogP contribution is -2.49. The first kappa shape index (κ1) is 18.8. The molecular formula is C16H25N3O4S2. The van der Waals surface area contributed by atoms with Crippen LogP contribution < -0.4 is 0 Å². The molecular weight excluding hydrogens is 362 g/mol. The molecule has 0 aliphatic carbocycles. The average molecular weight is 388 g/mol. The number of nitrogens with zero attached hydrogens (tertiary/aromatic N) is 3. The lowest BCUT2D eigenvalue weighted by atomic mass is 9.99. The zero-order chi connectivity index (χ0) is 18.2. The number of piperidine rings is 2. The van der Waals surface area contributed by atoms with Gasteiger partial charge in [-0.3, -0.25) is 0 Å². The fourth-order valence-electron chi connectivity index (χ4n) is 3.50. The quantitative estimate of drug-likeness (QED) is 0.856. The van der Waals surface area contributed by atoms with Crippen molar-refractivity contribution in [2.45, 2.75) is 45.4 Å². The summed E-state index contributed by atoms with van der Waals surface area (Å²) in [6, 6.07) is 0. The van der Waals surface area contributed by atoms with Crippen molar-refractivity contribution >= 4 is 27.5 Å². The molecule has 1 N–H and O–H groups in total. The van der Waals surface area contributed by atoms with Crippen LogP contribution in [-0.4, -0.2) is 59.3 Å². The summed E-state index contributed by atoms with van der Waals surface area (Å²) >= 11 is 1.22. The van der Waals surface area contributed by atoms with Crippen LogP contribution in [0, 0.1) is 12.8 Å². The molecule has 0 unspecified atom stereocenters. The van der Waals surface area contributed by atoms with Crippen molar-refractivity contribution in [1.82, 2.24) is 13.6 Å². The van der Waals surface area contributed by atoms with Gasteiger partial charge in [-0.2, -0.15) is 17.0 Å². The third kappa shape index (κ3) is 3.89. The van der Waals surface area contributed by atoms with Crippen molar-refractivity contribution in [3.63, 3.8) is 0 Å². The van der Waals surface area contributed by atoms with E-state index in [1.807, 2.05) is 0 Å². The van der Waals surface area contributed by atoms with E-state index in [1.165, 1.54) is 11.3 Å². The van der Waals surface area contributed by atoms with Crippen molar-refractivity contribution in [3.05, 3.63) is 15.6 Å². The summed E-state index contributed by atoms with van der Waals surface area (Å²) in [7, 11) is -3.37. The number of carbonyl (C=O) groups is 1. The number of carboxylic acid groups (broad SMARTS) is 1. The van der Waals surface area contributed by atoms with E-state index in [0.29, 0.717) is 50.6 Å². The summed E-state index contributed by atoms with van der Waals surface area (Å²) in [6.45, 7) is 6.03. The third-order valence-corrected chi connectivity index (χ3v) is 8.55. The number of rotatable bonds is 4. The normalized spacial score (nSPS) is 22.3. The van der Waals surface area contributed by atoms with Crippen molar-refractivity contribution in [3.8, 4) is 0 Å². The number of aromatic nitrogens is 1. The zero-order valence-electron chi connectivity index (χ0n) is 14.6. The van der Waals surface area contributed by atoms with Gasteiger partial charge in [-0.05, 0) is 38.5 Å². The molecule has 0 bridgehead atoms. The molecule has 3 rings (SSSR count). The fraction of sp³-hybridized carbons (Fsp3) is 0.750. The van der Waals surface area contributed by atoms with E-state index in [4.69, 9.17) is 5.11 Å². The Balaban J connectivity index is 1.63. The Morgan fingerprint density at radius 2 is 1.64 bits per heavy atom. The maximum absolute atomic E-state index is 12.8. The number of aryl methyl sites for hydroxylation is 1. The predicted molar refractivity (Wildman–Crippen MR) is 96.2 cm³/mol. The van der Waals surface area contributed by atoms with Crippen molar-refractivity contribution in [1.29, 1.82) is 0 Å². The number of carboxylic acids is 1. The lowest BCUT2D eigenvalue weighted by molar-refractivity contribution is 0.0701. The van der Waals surface area contributed by atoms with E-state index in [2.05, 4.69) is 11.9 Å². The van der Waals surface area contributed by atoms with Crippen molar-refractivity contribution in [2.75, 3.05) is 26.2 Å². The minimum Gasteiger partial charge on any atom is -0.477 e. The molecule has 25 heavy (non-hydrogen) atoms. The second-order valence-electron chi connectivity index (χ2n) is 7.03. The molecule has 1 aromatic heterocycles. The Labute approximate surface area is 152 Å². The topological polar surface area (TPSA) is 90.8 Å². The molecule has 1 aromatic rings. The molecule has 2 aliphatic rings. The van der Waals surface area contributed by atoms with E-state index >= 15 is 0 Å². The molecule has 0 aromatic carbocycles. The molecule has 2 aliphatic heterocycles. The second-order valence-corrected chi connectivity index (χ2v) is 9.99. The maximum Gasteiger partial charge on any atom is 0.347 e. The molecule has 140 valence electrons. The van der Waals surface area contributed by atoms with E-state index in [9.17, 15) is 13.2 Å². The zero-order valence-corrected chi connectivity index (χ0v) is 16.3. The first-order valence-electron chi connectivity index (χ1n) is 8.75. The molecule has 0 atom stereocenters. The molecule has 0 amide bonds. The van der Waals surface area contributed by atoms with Crippen LogP contribution >= 0.6 is 11.3 Å². The number of thiazole rings is 1. The van der Waals surface area contributed by atoms with Gasteiger partial charge in [0.15, 0.2) is 0 Å². The highest BCUT2D eigenvalue weighted by Gasteiger charge is 2.35. The van der Waals surface area contributed by atoms with Crippen LogP contribution in [0.3, 0.4) is 0 Å². The SMILES string of the molecule is Cc1nc(C2CCN(S(=O)(=O)N3CCC(C)CC3)CC2)sc1C(=O)O. The van der Waals surface area contributed by atoms with Gasteiger partial charge in [-0.1, -0.05) is 6.92 Å². The largest absolute Gasteiger partial charge is 0.477 e. The van der Waals surface area contributed by atoms with Crippen LogP contribution in [-0.2, 0) is 10.2 Å². The van der Waals surface area contributed by atoms with Crippen molar-refractivity contribution in [2.24, 2.45) is 5.92 Å². The standard InChI is InChI=1S/C16H25N3O4S2/c1-11-3-7-18(8-4-11)25(22,23)19-9-5-13(6-10-19)15-17-12(2)14(24-15)16(20)21/h11,13H,3-10H2,1-2H3,(H,20,21). The fourth-order valence-corrected chi connectivity index (χ4v) is 6.25. The smallest absolute Gasteiger partial charge is 0.347 e. The highest BCUT2D eigenvalue weighted by atomic mass is 32.2. The maximum atomic E-state index is 12.8. The van der Waals surface area contributed by atoms with E-state index in [-0.39, 0.29) is 10.8 Å². The molecule has 0 saturated carbocycles. The number of hydrogen-bond acceptors (Lipinski definition) is 5. The molecule has 9 heteroatoms. The van der Waals surface area contributed by atoms with Gasteiger partial charge in [0.25, 0.3) is 10.2 Å². The first-order valence-corrected chi connectivity index (χ1v) is 11.0. The third-order valence-electron chi connectivity index (χ3n) is 5.21. The van der Waals surface area contributed by atoms with E-state index < -0.39 is 16.2 Å². The average Bonchev–Trinajstić information content (AvgIpc) is 2.97. The van der Waals surface area contributed by atoms with Gasteiger partial charge in [-0.15, -0.1) is 11.3 Å². The molecule has 0 radical (unpaired) electrons. The summed E-state index contributed by atoms with van der Waals surface area (Å²) in [5.74, 6) is -0.209. The van der Waals surface area contributed by atoms with Gasteiger partial charge in [0.1, 0.15) is 4.88 Å². The molecule has 7 nitrogen and oxygen atoms in total. The number of aromatic carboxylic acids is 1. The van der Waals surface area contributed by atoms with Gasteiger partial charge in [-0.25, -0.2) is 9.78 Å². The Morgan fingerprint density at radius 3 is 2.12 bits per heavy atom. The minimum absolute atomic E-state index is 0.143. The number of hydrogen-bond donors (Lipinski definition) is 1. The summed E-state index contributed by atoms with van der Waals surface area (Å²) in [4.78, 5) is 15.9. The summed E-state index contributed by atoms with van der Waals surface area (Å²) in [6.07, 6.45) is 3.23. The van der Waals surface area contributed by atoms with Crippen LogP contribution in [0.1, 0.15) is 58.9 Å². The molecule has 3 heterocycles. The molecule has 2 saturated heterocycles. The molecule has 0 spiro atoms. The Hall–Kier alpha value is -1.03. The van der Waals surface area contributed by atoms with Gasteiger partial charge in [0, 0.05) is 32.1 Å². The monoisotopic (exact) mass is 387 g/mol. The van der Waals surface area contributed by atoms with Crippen molar-refractivity contribution < 1.29 is 18.3 Å². The van der Waals surface area contributed by atoms with Crippen LogP contribution in [0.15, 0.2) is 0 Å². The van der Waals surface area contributed by atoms with Crippen LogP contribution in [0.2, 0.25) is 0 Å². The first-order chi connectivity index (χ1) is 11.8. The second kappa shape index (κ2) is 7.30. The summed E-state index contributed by atoms with van der Waals surface area (Å²) in [5, 5.41) is 9.98. The van der Waals surface area contributed by atoms with Gasteiger partial charge in [0.05, 0.1) is 10.7 Å². The van der Waals surface area contributed by atoms with E-state index in [1.54, 1.807) is 15.5 Å². The van der Waals surface area contributed by atoms with Gasteiger partial charge in [0.2, 0.25) is 0 Å². The Morgan fingerprint density at radius 1 is 1.12 bits per heavy atom. The highest BCUT2D eigenvalue weighted by Crippen LogP contribution is 2.34. The van der Waals surface area contributed by atoms with Gasteiger partial charge < -0.3 is 5.11 Å². The molecule has 2 fully saturated rings. The van der Waals surface area contributed by atoms with E-state index in [0.717, 1.165) is 17.8 Å². The minimum atomic E-state index is -3.37.